The second-order valence-electron chi connectivity index (χ2n) is 6.49. The van der Waals surface area contributed by atoms with Crippen molar-refractivity contribution >= 4 is 56.8 Å². The molecule has 0 radical (unpaired) electrons. The molecule has 0 unspecified atom stereocenters. The quantitative estimate of drug-likeness (QED) is 0.401. The highest BCUT2D eigenvalue weighted by Crippen LogP contribution is 2.32. The van der Waals surface area contributed by atoms with E-state index in [2.05, 4.69) is 21.2 Å². The standard InChI is InChI=1S/C21H19BrN2O4S/c1-12(2)28-17-9-8-13(11-15(17)22)10-14-19(25)23-21(29)24(20(14)26)16-6-4-5-7-18(16)27-3/h4-12H,1-3H3,(H,23,25,29)/b14-10+. The number of nitrogens with zero attached hydrogens (tertiary/aromatic N) is 1. The van der Waals surface area contributed by atoms with Gasteiger partial charge in [0.25, 0.3) is 11.8 Å². The smallest absolute Gasteiger partial charge is 0.270 e. The van der Waals surface area contributed by atoms with Gasteiger partial charge in [0.2, 0.25) is 0 Å². The van der Waals surface area contributed by atoms with E-state index in [9.17, 15) is 9.59 Å². The fourth-order valence-corrected chi connectivity index (χ4v) is 3.58. The number of ether oxygens (including phenoxy) is 2. The summed E-state index contributed by atoms with van der Waals surface area (Å²) in [5.41, 5.74) is 1.09. The number of nitrogens with one attached hydrogen (secondary N) is 1. The van der Waals surface area contributed by atoms with Crippen molar-refractivity contribution in [3.8, 4) is 11.5 Å². The average molecular weight is 475 g/mol. The highest BCUT2D eigenvalue weighted by molar-refractivity contribution is 9.10. The van der Waals surface area contributed by atoms with Gasteiger partial charge >= 0.3 is 0 Å². The molecule has 1 aliphatic heterocycles. The number of anilines is 1. The summed E-state index contributed by atoms with van der Waals surface area (Å²) >= 11 is 8.69. The van der Waals surface area contributed by atoms with Crippen LogP contribution in [0.3, 0.4) is 0 Å². The first-order valence-electron chi connectivity index (χ1n) is 8.82. The number of hydrogen-bond donors (Lipinski definition) is 1. The molecule has 3 rings (SSSR count). The van der Waals surface area contributed by atoms with Crippen molar-refractivity contribution in [2.24, 2.45) is 0 Å². The normalized spacial score (nSPS) is 15.7. The predicted molar refractivity (Wildman–Crippen MR) is 119 cm³/mol. The third-order valence-corrected chi connectivity index (χ3v) is 4.96. The van der Waals surface area contributed by atoms with Crippen LogP contribution in [0.4, 0.5) is 5.69 Å². The van der Waals surface area contributed by atoms with Crippen molar-refractivity contribution in [1.29, 1.82) is 0 Å². The van der Waals surface area contributed by atoms with Crippen LogP contribution in [0.1, 0.15) is 19.4 Å². The number of methoxy groups -OCH3 is 1. The fourth-order valence-electron chi connectivity index (χ4n) is 2.81. The molecule has 0 bridgehead atoms. The molecule has 6 nitrogen and oxygen atoms in total. The Morgan fingerprint density at radius 2 is 1.86 bits per heavy atom. The summed E-state index contributed by atoms with van der Waals surface area (Å²) in [5.74, 6) is 0.0710. The molecule has 150 valence electrons. The van der Waals surface area contributed by atoms with E-state index >= 15 is 0 Å². The maximum atomic E-state index is 13.1. The molecular weight excluding hydrogens is 456 g/mol. The van der Waals surface area contributed by atoms with E-state index < -0.39 is 11.8 Å². The monoisotopic (exact) mass is 474 g/mol. The van der Waals surface area contributed by atoms with Crippen molar-refractivity contribution in [1.82, 2.24) is 5.32 Å². The molecule has 29 heavy (non-hydrogen) atoms. The zero-order chi connectivity index (χ0) is 21.1. The van der Waals surface area contributed by atoms with E-state index in [1.807, 2.05) is 13.8 Å². The Hall–Kier alpha value is -2.71. The van der Waals surface area contributed by atoms with Gasteiger partial charge in [-0.2, -0.15) is 0 Å². The summed E-state index contributed by atoms with van der Waals surface area (Å²) in [5, 5.41) is 2.57. The van der Waals surface area contributed by atoms with Crippen molar-refractivity contribution in [3.63, 3.8) is 0 Å². The molecular formula is C21H19BrN2O4S. The first-order valence-corrected chi connectivity index (χ1v) is 10.0. The molecule has 0 spiro atoms. The van der Waals surface area contributed by atoms with Gasteiger partial charge in [-0.1, -0.05) is 18.2 Å². The highest BCUT2D eigenvalue weighted by atomic mass is 79.9. The van der Waals surface area contributed by atoms with Gasteiger partial charge in [-0.25, -0.2) is 4.90 Å². The van der Waals surface area contributed by atoms with Crippen molar-refractivity contribution in [2.75, 3.05) is 12.0 Å². The number of thiocarbonyl (C=S) groups is 1. The maximum absolute atomic E-state index is 13.1. The van der Waals surface area contributed by atoms with Crippen LogP contribution in [-0.4, -0.2) is 30.1 Å². The van der Waals surface area contributed by atoms with Gasteiger partial charge in [-0.3, -0.25) is 14.9 Å². The third kappa shape index (κ3) is 4.49. The molecule has 0 aromatic heterocycles. The Labute approximate surface area is 182 Å². The van der Waals surface area contributed by atoms with Crippen molar-refractivity contribution in [3.05, 3.63) is 58.1 Å². The number of hydrogen-bond acceptors (Lipinski definition) is 5. The lowest BCUT2D eigenvalue weighted by Gasteiger charge is -2.29. The van der Waals surface area contributed by atoms with Gasteiger partial charge in [-0.15, -0.1) is 0 Å². The molecule has 1 saturated heterocycles. The largest absolute Gasteiger partial charge is 0.495 e. The summed E-state index contributed by atoms with van der Waals surface area (Å²) in [7, 11) is 1.50. The van der Waals surface area contributed by atoms with Crippen LogP contribution in [0.2, 0.25) is 0 Å². The molecule has 8 heteroatoms. The second-order valence-corrected chi connectivity index (χ2v) is 7.73. The predicted octanol–water partition coefficient (Wildman–Crippen LogP) is 4.08. The van der Waals surface area contributed by atoms with Crippen molar-refractivity contribution in [2.45, 2.75) is 20.0 Å². The SMILES string of the molecule is COc1ccccc1N1C(=O)/C(=C/c2ccc(OC(C)C)c(Br)c2)C(=O)NC1=S. The van der Waals surface area contributed by atoms with Crippen LogP contribution in [0.5, 0.6) is 11.5 Å². The Balaban J connectivity index is 1.98. The van der Waals surface area contributed by atoms with Gasteiger partial charge in [-0.05, 0) is 77.9 Å². The van der Waals surface area contributed by atoms with E-state index in [1.165, 1.54) is 18.1 Å². The zero-order valence-corrected chi connectivity index (χ0v) is 18.5. The van der Waals surface area contributed by atoms with E-state index in [0.29, 0.717) is 22.7 Å². The molecule has 1 heterocycles. The van der Waals surface area contributed by atoms with E-state index in [4.69, 9.17) is 21.7 Å². The Morgan fingerprint density at radius 1 is 1.14 bits per heavy atom. The minimum absolute atomic E-state index is 0.00325. The number of benzene rings is 2. The lowest BCUT2D eigenvalue weighted by molar-refractivity contribution is -0.122. The van der Waals surface area contributed by atoms with Gasteiger partial charge in [0, 0.05) is 0 Å². The minimum Gasteiger partial charge on any atom is -0.495 e. The first kappa shape index (κ1) is 21.0. The zero-order valence-electron chi connectivity index (χ0n) is 16.1. The van der Waals surface area contributed by atoms with Gasteiger partial charge in [0.15, 0.2) is 5.11 Å². The topological polar surface area (TPSA) is 67.9 Å². The molecule has 1 N–H and O–H groups in total. The number of halogens is 1. The van der Waals surface area contributed by atoms with Crippen LogP contribution < -0.4 is 19.7 Å². The molecule has 1 aliphatic rings. The van der Waals surface area contributed by atoms with E-state index in [1.54, 1.807) is 42.5 Å². The second kappa shape index (κ2) is 8.75. The van der Waals surface area contributed by atoms with Crippen molar-refractivity contribution < 1.29 is 19.1 Å². The molecule has 2 aromatic rings. The Bertz CT molecular complexity index is 1020. The maximum Gasteiger partial charge on any atom is 0.270 e. The molecule has 2 aromatic carbocycles. The first-order chi connectivity index (χ1) is 13.8. The van der Waals surface area contributed by atoms with Crippen LogP contribution in [0.25, 0.3) is 6.08 Å². The number of rotatable bonds is 5. The molecule has 2 amide bonds. The fraction of sp³-hybridized carbons (Fsp3) is 0.190. The number of para-hydroxylation sites is 2. The Kier molecular flexibility index (Phi) is 6.34. The summed E-state index contributed by atoms with van der Waals surface area (Å²) < 4.78 is 11.7. The van der Waals surface area contributed by atoms with E-state index in [-0.39, 0.29) is 16.8 Å². The van der Waals surface area contributed by atoms with Crippen LogP contribution in [0.15, 0.2) is 52.5 Å². The highest BCUT2D eigenvalue weighted by Gasteiger charge is 2.35. The summed E-state index contributed by atoms with van der Waals surface area (Å²) in [6.45, 7) is 3.87. The molecule has 0 atom stereocenters. The number of carbonyl (C=O) groups is 2. The molecule has 0 aliphatic carbocycles. The third-order valence-electron chi connectivity index (χ3n) is 4.06. The summed E-state index contributed by atoms with van der Waals surface area (Å²) in [4.78, 5) is 26.9. The molecule has 1 fully saturated rings. The van der Waals surface area contributed by atoms with Gasteiger partial charge < -0.3 is 9.47 Å². The van der Waals surface area contributed by atoms with Gasteiger partial charge in [0.1, 0.15) is 17.1 Å². The minimum atomic E-state index is -0.551. The average Bonchev–Trinajstić information content (AvgIpc) is 2.67. The Morgan fingerprint density at radius 3 is 2.52 bits per heavy atom. The van der Waals surface area contributed by atoms with Gasteiger partial charge in [0.05, 0.1) is 23.4 Å². The summed E-state index contributed by atoms with van der Waals surface area (Å²) in [6.07, 6.45) is 1.54. The van der Waals surface area contributed by atoms with Crippen LogP contribution in [0, 0.1) is 0 Å². The van der Waals surface area contributed by atoms with Crippen LogP contribution in [-0.2, 0) is 9.59 Å². The lowest BCUT2D eigenvalue weighted by atomic mass is 10.1. The van der Waals surface area contributed by atoms with Crippen LogP contribution >= 0.6 is 28.1 Å². The van der Waals surface area contributed by atoms with E-state index in [0.717, 1.165) is 4.47 Å². The molecule has 0 saturated carbocycles. The lowest BCUT2D eigenvalue weighted by Crippen LogP contribution is -2.54. The number of amides is 2. The number of carbonyl (C=O) groups excluding carboxylic acids is 2. The summed E-state index contributed by atoms with van der Waals surface area (Å²) in [6, 6.07) is 12.3.